The van der Waals surface area contributed by atoms with E-state index in [1.165, 1.54) is 6.33 Å². The maximum atomic E-state index is 10.0. The summed E-state index contributed by atoms with van der Waals surface area (Å²) >= 11 is 0. The molecule has 3 rings (SSSR count). The molecule has 0 fully saturated rings. The van der Waals surface area contributed by atoms with E-state index in [2.05, 4.69) is 20.4 Å². The van der Waals surface area contributed by atoms with E-state index in [-0.39, 0.29) is 19.8 Å². The van der Waals surface area contributed by atoms with Crippen LogP contribution in [-0.4, -0.2) is 55.8 Å². The second-order valence-electron chi connectivity index (χ2n) is 5.21. The van der Waals surface area contributed by atoms with Crippen LogP contribution in [0.2, 0.25) is 0 Å². The zero-order chi connectivity index (χ0) is 16.8. The number of anilines is 1. The fourth-order valence-electron chi connectivity index (χ4n) is 2.27. The van der Waals surface area contributed by atoms with Crippen LogP contribution in [-0.2, 0) is 6.54 Å². The lowest BCUT2D eigenvalue weighted by Crippen LogP contribution is -2.26. The van der Waals surface area contributed by atoms with E-state index in [0.29, 0.717) is 23.8 Å². The van der Waals surface area contributed by atoms with Crippen molar-refractivity contribution in [3.8, 4) is 5.75 Å². The van der Waals surface area contributed by atoms with Gasteiger partial charge in [-0.25, -0.2) is 14.6 Å². The van der Waals surface area contributed by atoms with Gasteiger partial charge in [0.25, 0.3) is 0 Å². The predicted octanol–water partition coefficient (Wildman–Crippen LogP) is 0.670. The summed E-state index contributed by atoms with van der Waals surface area (Å²) in [6.07, 6.45) is 2.37. The lowest BCUT2D eigenvalue weighted by atomic mass is 10.3. The molecule has 8 nitrogen and oxygen atoms in total. The first-order chi connectivity index (χ1) is 11.8. The summed E-state index contributed by atoms with van der Waals surface area (Å²) in [5.74, 6) is 1.30. The summed E-state index contributed by atoms with van der Waals surface area (Å²) in [6.45, 7) is 0.811. The number of fused-ring (bicyclic) bond motifs is 1. The van der Waals surface area contributed by atoms with Gasteiger partial charge in [0.1, 0.15) is 30.6 Å². The summed E-state index contributed by atoms with van der Waals surface area (Å²) in [5, 5.41) is 27.1. The number of rotatable bonds is 8. The second-order valence-corrected chi connectivity index (χ2v) is 5.21. The lowest BCUT2D eigenvalue weighted by molar-refractivity contribution is 0.117. The molecule has 0 amide bonds. The molecule has 2 aromatic heterocycles. The highest BCUT2D eigenvalue weighted by atomic mass is 16.5. The third kappa shape index (κ3) is 3.79. The van der Waals surface area contributed by atoms with E-state index >= 15 is 0 Å². The number of hydrogen-bond donors (Lipinski definition) is 3. The predicted molar refractivity (Wildman–Crippen MR) is 88.8 cm³/mol. The van der Waals surface area contributed by atoms with Crippen LogP contribution < -0.4 is 10.1 Å². The molecule has 126 valence electrons. The van der Waals surface area contributed by atoms with E-state index in [4.69, 9.17) is 9.84 Å². The lowest BCUT2D eigenvalue weighted by Gasteiger charge is -2.13. The maximum Gasteiger partial charge on any atom is 0.163 e. The van der Waals surface area contributed by atoms with Crippen molar-refractivity contribution in [2.45, 2.75) is 12.6 Å². The number of nitrogens with zero attached hydrogens (tertiary/aromatic N) is 4. The Labute approximate surface area is 138 Å². The Kier molecular flexibility index (Phi) is 5.19. The zero-order valence-corrected chi connectivity index (χ0v) is 13.0. The van der Waals surface area contributed by atoms with Crippen molar-refractivity contribution in [2.24, 2.45) is 0 Å². The van der Waals surface area contributed by atoms with Crippen LogP contribution in [0.1, 0.15) is 0 Å². The smallest absolute Gasteiger partial charge is 0.163 e. The summed E-state index contributed by atoms with van der Waals surface area (Å²) in [4.78, 5) is 8.36. The topological polar surface area (TPSA) is 105 Å². The summed E-state index contributed by atoms with van der Waals surface area (Å²) in [6, 6.07) is 9.33. The van der Waals surface area contributed by atoms with E-state index < -0.39 is 6.10 Å². The maximum absolute atomic E-state index is 10.0. The van der Waals surface area contributed by atoms with E-state index in [1.807, 2.05) is 30.3 Å². The number of aliphatic hydroxyl groups is 2. The van der Waals surface area contributed by atoms with E-state index in [0.717, 1.165) is 5.39 Å². The molecule has 3 N–H and O–H groups in total. The van der Waals surface area contributed by atoms with Gasteiger partial charge in [0.15, 0.2) is 5.65 Å². The quantitative estimate of drug-likeness (QED) is 0.558. The Morgan fingerprint density at radius 3 is 2.83 bits per heavy atom. The van der Waals surface area contributed by atoms with Crippen LogP contribution in [0.5, 0.6) is 5.75 Å². The molecular formula is C16H19N5O3. The fourth-order valence-corrected chi connectivity index (χ4v) is 2.27. The van der Waals surface area contributed by atoms with Crippen molar-refractivity contribution in [2.75, 3.05) is 25.1 Å². The summed E-state index contributed by atoms with van der Waals surface area (Å²) in [7, 11) is 0. The van der Waals surface area contributed by atoms with Crippen LogP contribution in [0.3, 0.4) is 0 Å². The Morgan fingerprint density at radius 2 is 2.04 bits per heavy atom. The van der Waals surface area contributed by atoms with Gasteiger partial charge in [0.05, 0.1) is 24.7 Å². The van der Waals surface area contributed by atoms with Crippen molar-refractivity contribution in [1.29, 1.82) is 0 Å². The molecule has 0 aliphatic rings. The van der Waals surface area contributed by atoms with E-state index in [1.54, 1.807) is 10.9 Å². The Bertz CT molecular complexity index is 778. The molecule has 24 heavy (non-hydrogen) atoms. The van der Waals surface area contributed by atoms with Crippen LogP contribution in [0.25, 0.3) is 11.0 Å². The minimum atomic E-state index is -0.692. The number of benzene rings is 1. The van der Waals surface area contributed by atoms with Gasteiger partial charge in [0, 0.05) is 6.54 Å². The van der Waals surface area contributed by atoms with Gasteiger partial charge in [-0.1, -0.05) is 18.2 Å². The SMILES string of the molecule is OCCn1ncc2c(NC[C@@H](O)COc3ccccc3)ncnc21. The summed E-state index contributed by atoms with van der Waals surface area (Å²) < 4.78 is 7.12. The molecule has 0 aliphatic heterocycles. The monoisotopic (exact) mass is 329 g/mol. The molecule has 0 saturated heterocycles. The largest absolute Gasteiger partial charge is 0.491 e. The van der Waals surface area contributed by atoms with Gasteiger partial charge < -0.3 is 20.3 Å². The number of ether oxygens (including phenoxy) is 1. The van der Waals surface area contributed by atoms with Gasteiger partial charge in [-0.2, -0.15) is 5.10 Å². The van der Waals surface area contributed by atoms with Crippen LogP contribution in [0, 0.1) is 0 Å². The average molecular weight is 329 g/mol. The van der Waals surface area contributed by atoms with E-state index in [9.17, 15) is 5.11 Å². The number of nitrogens with one attached hydrogen (secondary N) is 1. The number of para-hydroxylation sites is 1. The Balaban J connectivity index is 1.59. The molecule has 8 heteroatoms. The molecule has 0 unspecified atom stereocenters. The van der Waals surface area contributed by atoms with Gasteiger partial charge in [-0.15, -0.1) is 0 Å². The summed E-state index contributed by atoms with van der Waals surface area (Å²) in [5.41, 5.74) is 0.636. The highest BCUT2D eigenvalue weighted by Crippen LogP contribution is 2.18. The first kappa shape index (κ1) is 16.2. The normalized spacial score (nSPS) is 12.2. The van der Waals surface area contributed by atoms with Crippen LogP contribution >= 0.6 is 0 Å². The van der Waals surface area contributed by atoms with Crippen molar-refractivity contribution in [3.63, 3.8) is 0 Å². The number of aliphatic hydroxyl groups excluding tert-OH is 2. The molecule has 0 aliphatic carbocycles. The van der Waals surface area contributed by atoms with Crippen LogP contribution in [0.4, 0.5) is 5.82 Å². The highest BCUT2D eigenvalue weighted by Gasteiger charge is 2.11. The minimum absolute atomic E-state index is 0.0148. The van der Waals surface area contributed by atoms with Crippen molar-refractivity contribution < 1.29 is 14.9 Å². The van der Waals surface area contributed by atoms with Gasteiger partial charge in [-0.3, -0.25) is 0 Å². The second kappa shape index (κ2) is 7.71. The number of aromatic nitrogens is 4. The van der Waals surface area contributed by atoms with Gasteiger partial charge >= 0.3 is 0 Å². The van der Waals surface area contributed by atoms with Gasteiger partial charge in [-0.05, 0) is 12.1 Å². The minimum Gasteiger partial charge on any atom is -0.491 e. The fraction of sp³-hybridized carbons (Fsp3) is 0.312. The Morgan fingerprint density at radius 1 is 1.21 bits per heavy atom. The molecule has 3 aromatic rings. The van der Waals surface area contributed by atoms with Gasteiger partial charge in [0.2, 0.25) is 0 Å². The van der Waals surface area contributed by atoms with Crippen molar-refractivity contribution >= 4 is 16.9 Å². The van der Waals surface area contributed by atoms with Crippen molar-refractivity contribution in [1.82, 2.24) is 19.7 Å². The number of hydrogen-bond acceptors (Lipinski definition) is 7. The third-order valence-electron chi connectivity index (χ3n) is 3.44. The first-order valence-electron chi connectivity index (χ1n) is 7.65. The average Bonchev–Trinajstić information content (AvgIpc) is 3.03. The molecule has 0 radical (unpaired) electrons. The Hall–Kier alpha value is -2.71. The van der Waals surface area contributed by atoms with Crippen LogP contribution in [0.15, 0.2) is 42.9 Å². The standard InChI is InChI=1S/C16H19N5O3/c22-7-6-21-16-14(9-20-21)15(18-11-19-16)17-8-12(23)10-24-13-4-2-1-3-5-13/h1-5,9,11-12,22-23H,6-8,10H2,(H,17,18,19)/t12-/m1/s1. The molecule has 0 bridgehead atoms. The zero-order valence-electron chi connectivity index (χ0n) is 13.0. The molecule has 0 spiro atoms. The molecule has 2 heterocycles. The molecule has 1 atom stereocenters. The molecule has 1 aromatic carbocycles. The third-order valence-corrected chi connectivity index (χ3v) is 3.44. The highest BCUT2D eigenvalue weighted by molar-refractivity contribution is 5.86. The molecular weight excluding hydrogens is 310 g/mol. The molecule has 0 saturated carbocycles. The first-order valence-corrected chi connectivity index (χ1v) is 7.65. The van der Waals surface area contributed by atoms with Crippen molar-refractivity contribution in [3.05, 3.63) is 42.9 Å².